The number of rotatable bonds is 6. The summed E-state index contributed by atoms with van der Waals surface area (Å²) in [5.41, 5.74) is 3.66. The maximum atomic E-state index is 5.99. The molecule has 4 rings (SSSR count). The first-order chi connectivity index (χ1) is 13.8. The molecule has 0 bridgehead atoms. The number of para-hydroxylation sites is 1. The predicted octanol–water partition coefficient (Wildman–Crippen LogP) is 6.43. The molecule has 0 saturated carbocycles. The summed E-state index contributed by atoms with van der Waals surface area (Å²) < 4.78 is 11.4. The SMILES string of the molecule is CCOc1ccccc1C(c1ccc(OC)cc1)c1cccc2ccccc12. The number of methoxy groups -OCH3 is 1. The van der Waals surface area contributed by atoms with Gasteiger partial charge in [-0.1, -0.05) is 72.8 Å². The monoisotopic (exact) mass is 368 g/mol. The summed E-state index contributed by atoms with van der Waals surface area (Å²) in [4.78, 5) is 0. The van der Waals surface area contributed by atoms with Crippen LogP contribution >= 0.6 is 0 Å². The molecule has 0 N–H and O–H groups in total. The van der Waals surface area contributed by atoms with Crippen LogP contribution in [0.1, 0.15) is 29.5 Å². The molecule has 0 aromatic heterocycles. The molecule has 2 nitrogen and oxygen atoms in total. The van der Waals surface area contributed by atoms with Crippen LogP contribution in [-0.4, -0.2) is 13.7 Å². The molecule has 0 saturated heterocycles. The molecule has 28 heavy (non-hydrogen) atoms. The summed E-state index contributed by atoms with van der Waals surface area (Å²) in [6.07, 6.45) is 0. The normalized spacial score (nSPS) is 11.9. The zero-order chi connectivity index (χ0) is 19.3. The van der Waals surface area contributed by atoms with Crippen LogP contribution in [0.4, 0.5) is 0 Å². The molecule has 4 aromatic carbocycles. The van der Waals surface area contributed by atoms with Gasteiger partial charge in [0.25, 0.3) is 0 Å². The van der Waals surface area contributed by atoms with Crippen LogP contribution in [0, 0.1) is 0 Å². The second kappa shape index (κ2) is 8.18. The first-order valence-corrected chi connectivity index (χ1v) is 9.65. The molecule has 0 amide bonds. The molecule has 0 aliphatic heterocycles. The maximum absolute atomic E-state index is 5.99. The molecule has 0 radical (unpaired) electrons. The minimum atomic E-state index is 0.0692. The van der Waals surface area contributed by atoms with Gasteiger partial charge < -0.3 is 9.47 Å². The summed E-state index contributed by atoms with van der Waals surface area (Å²) in [5.74, 6) is 1.86. The minimum absolute atomic E-state index is 0.0692. The lowest BCUT2D eigenvalue weighted by Crippen LogP contribution is -2.07. The molecule has 4 aromatic rings. The Balaban J connectivity index is 1.96. The van der Waals surface area contributed by atoms with Crippen molar-refractivity contribution in [2.24, 2.45) is 0 Å². The lowest BCUT2D eigenvalue weighted by atomic mass is 9.82. The lowest BCUT2D eigenvalue weighted by Gasteiger charge is -2.23. The highest BCUT2D eigenvalue weighted by Gasteiger charge is 2.22. The van der Waals surface area contributed by atoms with Crippen molar-refractivity contribution < 1.29 is 9.47 Å². The van der Waals surface area contributed by atoms with Crippen molar-refractivity contribution in [1.29, 1.82) is 0 Å². The maximum Gasteiger partial charge on any atom is 0.123 e. The average Bonchev–Trinajstić information content (AvgIpc) is 2.76. The predicted molar refractivity (Wildman–Crippen MR) is 115 cm³/mol. The smallest absolute Gasteiger partial charge is 0.123 e. The Kier molecular flexibility index (Phi) is 5.29. The van der Waals surface area contributed by atoms with Crippen LogP contribution in [-0.2, 0) is 0 Å². The molecule has 140 valence electrons. The van der Waals surface area contributed by atoms with Crippen molar-refractivity contribution >= 4 is 10.8 Å². The van der Waals surface area contributed by atoms with Crippen molar-refractivity contribution in [3.8, 4) is 11.5 Å². The largest absolute Gasteiger partial charge is 0.497 e. The van der Waals surface area contributed by atoms with E-state index in [4.69, 9.17) is 9.47 Å². The molecule has 0 fully saturated rings. The van der Waals surface area contributed by atoms with Crippen LogP contribution in [0.15, 0.2) is 91.0 Å². The van der Waals surface area contributed by atoms with E-state index in [1.807, 2.05) is 25.1 Å². The summed E-state index contributed by atoms with van der Waals surface area (Å²) in [5, 5.41) is 2.50. The Morgan fingerprint density at radius 2 is 1.39 bits per heavy atom. The van der Waals surface area contributed by atoms with Gasteiger partial charge in [0.05, 0.1) is 13.7 Å². The van der Waals surface area contributed by atoms with Gasteiger partial charge in [-0.2, -0.15) is 0 Å². The van der Waals surface area contributed by atoms with Crippen LogP contribution in [0.2, 0.25) is 0 Å². The van der Waals surface area contributed by atoms with Gasteiger partial charge in [0.1, 0.15) is 11.5 Å². The molecule has 0 spiro atoms. The number of ether oxygens (including phenoxy) is 2. The van der Waals surface area contributed by atoms with Crippen molar-refractivity contribution in [2.45, 2.75) is 12.8 Å². The van der Waals surface area contributed by atoms with Gasteiger partial charge >= 0.3 is 0 Å². The molecule has 0 heterocycles. The zero-order valence-corrected chi connectivity index (χ0v) is 16.3. The lowest BCUT2D eigenvalue weighted by molar-refractivity contribution is 0.336. The second-order valence-electron chi connectivity index (χ2n) is 6.75. The van der Waals surface area contributed by atoms with E-state index in [9.17, 15) is 0 Å². The van der Waals surface area contributed by atoms with Crippen molar-refractivity contribution in [3.63, 3.8) is 0 Å². The highest BCUT2D eigenvalue weighted by atomic mass is 16.5. The highest BCUT2D eigenvalue weighted by Crippen LogP contribution is 2.40. The van der Waals surface area contributed by atoms with E-state index in [1.54, 1.807) is 7.11 Å². The Morgan fingerprint density at radius 1 is 0.714 bits per heavy atom. The van der Waals surface area contributed by atoms with Crippen LogP contribution in [0.3, 0.4) is 0 Å². The quantitative estimate of drug-likeness (QED) is 0.365. The topological polar surface area (TPSA) is 18.5 Å². The second-order valence-corrected chi connectivity index (χ2v) is 6.75. The summed E-state index contributed by atoms with van der Waals surface area (Å²) in [7, 11) is 1.70. The highest BCUT2D eigenvalue weighted by molar-refractivity contribution is 5.87. The molecule has 1 unspecified atom stereocenters. The van der Waals surface area contributed by atoms with E-state index in [1.165, 1.54) is 27.5 Å². The molecular formula is C26H24O2. The van der Waals surface area contributed by atoms with Crippen molar-refractivity contribution in [3.05, 3.63) is 108 Å². The fraction of sp³-hybridized carbons (Fsp3) is 0.154. The van der Waals surface area contributed by atoms with E-state index in [0.717, 1.165) is 11.5 Å². The Labute approximate surface area is 166 Å². The summed E-state index contributed by atoms with van der Waals surface area (Å²) in [6.45, 7) is 2.67. The Hall–Kier alpha value is -3.26. The van der Waals surface area contributed by atoms with Crippen molar-refractivity contribution in [1.82, 2.24) is 0 Å². The van der Waals surface area contributed by atoms with Gasteiger partial charge in [-0.25, -0.2) is 0 Å². The fourth-order valence-electron chi connectivity index (χ4n) is 3.83. The average molecular weight is 368 g/mol. The van der Waals surface area contributed by atoms with E-state index >= 15 is 0 Å². The van der Waals surface area contributed by atoms with Gasteiger partial charge in [0, 0.05) is 11.5 Å². The zero-order valence-electron chi connectivity index (χ0n) is 16.3. The van der Waals surface area contributed by atoms with Gasteiger partial charge in [-0.05, 0) is 47.0 Å². The molecule has 1 atom stereocenters. The number of benzene rings is 4. The molecule has 0 aliphatic rings. The third-order valence-corrected chi connectivity index (χ3v) is 5.11. The Morgan fingerprint density at radius 3 is 2.18 bits per heavy atom. The van der Waals surface area contributed by atoms with Crippen LogP contribution < -0.4 is 9.47 Å². The molecule has 0 aliphatic carbocycles. The molecular weight excluding hydrogens is 344 g/mol. The van der Waals surface area contributed by atoms with E-state index in [0.29, 0.717) is 6.61 Å². The van der Waals surface area contributed by atoms with Crippen molar-refractivity contribution in [2.75, 3.05) is 13.7 Å². The van der Waals surface area contributed by atoms with Gasteiger partial charge in [0.15, 0.2) is 0 Å². The van der Waals surface area contributed by atoms with Crippen LogP contribution in [0.5, 0.6) is 11.5 Å². The first kappa shape index (κ1) is 18.1. The Bertz CT molecular complexity index is 1060. The summed E-state index contributed by atoms with van der Waals surface area (Å²) in [6, 6.07) is 31.8. The van der Waals surface area contributed by atoms with Crippen LogP contribution in [0.25, 0.3) is 10.8 Å². The third-order valence-electron chi connectivity index (χ3n) is 5.11. The van der Waals surface area contributed by atoms with Gasteiger partial charge in [0.2, 0.25) is 0 Å². The number of hydrogen-bond donors (Lipinski definition) is 0. The van der Waals surface area contributed by atoms with E-state index in [2.05, 4.69) is 72.8 Å². The molecule has 2 heteroatoms. The standard InChI is InChI=1S/C26H24O2/c1-3-28-25-14-7-6-12-24(25)26(20-15-17-21(27-2)18-16-20)23-13-8-10-19-9-4-5-11-22(19)23/h4-18,26H,3H2,1-2H3. The van der Waals surface area contributed by atoms with E-state index in [-0.39, 0.29) is 5.92 Å². The van der Waals surface area contributed by atoms with Gasteiger partial charge in [-0.15, -0.1) is 0 Å². The number of hydrogen-bond acceptors (Lipinski definition) is 2. The minimum Gasteiger partial charge on any atom is -0.497 e. The van der Waals surface area contributed by atoms with Gasteiger partial charge in [-0.3, -0.25) is 0 Å². The fourth-order valence-corrected chi connectivity index (χ4v) is 3.83. The van der Waals surface area contributed by atoms with E-state index < -0.39 is 0 Å². The number of fused-ring (bicyclic) bond motifs is 1. The summed E-state index contributed by atoms with van der Waals surface area (Å²) >= 11 is 0. The first-order valence-electron chi connectivity index (χ1n) is 9.65. The third kappa shape index (κ3) is 3.46.